The first kappa shape index (κ1) is 16.5. The van der Waals surface area contributed by atoms with Crippen molar-refractivity contribution in [3.05, 3.63) is 59.7 Å². The summed E-state index contributed by atoms with van der Waals surface area (Å²) in [6.07, 6.45) is 8.28. The maximum absolute atomic E-state index is 3.68. The Bertz CT molecular complexity index is 589. The van der Waals surface area contributed by atoms with Gasteiger partial charge in [0.1, 0.15) is 0 Å². The number of aryl methyl sites for hydroxylation is 2. The Kier molecular flexibility index (Phi) is 5.72. The number of benzene rings is 2. The van der Waals surface area contributed by atoms with E-state index in [-0.39, 0.29) is 0 Å². The second kappa shape index (κ2) is 7.96. The molecule has 0 unspecified atom stereocenters. The molecule has 0 spiro atoms. The van der Waals surface area contributed by atoms with Crippen LogP contribution in [0.4, 0.5) is 0 Å². The van der Waals surface area contributed by atoms with Crippen molar-refractivity contribution in [2.75, 3.05) is 0 Å². The molecule has 119 valence electrons. The highest BCUT2D eigenvalue weighted by atomic mass is 28.1. The van der Waals surface area contributed by atoms with Gasteiger partial charge in [-0.3, -0.25) is 0 Å². The van der Waals surface area contributed by atoms with Gasteiger partial charge in [-0.2, -0.15) is 0 Å². The monoisotopic (exact) mass is 319 g/mol. The highest BCUT2D eigenvalue weighted by Crippen LogP contribution is 2.33. The van der Waals surface area contributed by atoms with Crippen molar-refractivity contribution in [1.29, 1.82) is 0 Å². The quantitative estimate of drug-likeness (QED) is 0.594. The molecule has 0 amide bonds. The average Bonchev–Trinajstić information content (AvgIpc) is 2.61. The van der Waals surface area contributed by atoms with Gasteiger partial charge in [-0.05, 0) is 48.3 Å². The minimum Gasteiger partial charge on any atom is -0.0609 e. The fraction of sp³-hybridized carbons (Fsp3) is 0.455. The lowest BCUT2D eigenvalue weighted by molar-refractivity contribution is 0.278. The third-order valence-corrected chi connectivity index (χ3v) is 6.01. The van der Waals surface area contributed by atoms with Gasteiger partial charge in [-0.1, -0.05) is 85.8 Å². The minimum atomic E-state index is 0.928. The number of hydrogen-bond acceptors (Lipinski definition) is 0. The van der Waals surface area contributed by atoms with Crippen molar-refractivity contribution in [2.24, 2.45) is 11.8 Å². The standard InChI is InChI=1S/C22H27Si/c1-17-2-12-21(13-3-17)22-14-10-19(11-15-22)5-4-18-6-8-20(16-23)9-7-18/h2-3,10-15,18,20H,4-9,16H2,1H3. The Morgan fingerprint density at radius 2 is 1.30 bits per heavy atom. The van der Waals surface area contributed by atoms with Crippen LogP contribution in [0.1, 0.15) is 43.2 Å². The Labute approximate surface area is 144 Å². The van der Waals surface area contributed by atoms with Crippen LogP contribution in [0.2, 0.25) is 6.04 Å². The van der Waals surface area contributed by atoms with Crippen molar-refractivity contribution in [1.82, 2.24) is 0 Å². The van der Waals surface area contributed by atoms with Crippen LogP contribution in [-0.2, 0) is 6.42 Å². The van der Waals surface area contributed by atoms with E-state index in [1.54, 1.807) is 0 Å². The summed E-state index contributed by atoms with van der Waals surface area (Å²) in [7, 11) is 3.68. The zero-order valence-corrected chi connectivity index (χ0v) is 15.2. The Hall–Kier alpha value is -1.34. The second-order valence-corrected chi connectivity index (χ2v) is 7.60. The summed E-state index contributed by atoms with van der Waals surface area (Å²) < 4.78 is 0. The number of rotatable bonds is 5. The van der Waals surface area contributed by atoms with E-state index in [4.69, 9.17) is 0 Å². The molecule has 0 aromatic heterocycles. The van der Waals surface area contributed by atoms with E-state index in [1.807, 2.05) is 0 Å². The first-order chi connectivity index (χ1) is 11.2. The Balaban J connectivity index is 1.53. The van der Waals surface area contributed by atoms with Crippen molar-refractivity contribution < 1.29 is 0 Å². The van der Waals surface area contributed by atoms with E-state index >= 15 is 0 Å². The SMILES string of the molecule is Cc1ccc(-c2ccc(CCC3CCC(C[Si])CC3)cc2)cc1. The summed E-state index contributed by atoms with van der Waals surface area (Å²) in [5.41, 5.74) is 5.45. The zero-order valence-electron chi connectivity index (χ0n) is 14.2. The van der Waals surface area contributed by atoms with E-state index in [1.165, 1.54) is 66.8 Å². The molecular formula is C22H27Si. The van der Waals surface area contributed by atoms with Crippen molar-refractivity contribution in [3.63, 3.8) is 0 Å². The van der Waals surface area contributed by atoms with Gasteiger partial charge in [0.15, 0.2) is 0 Å². The lowest BCUT2D eigenvalue weighted by Crippen LogP contribution is -2.14. The maximum Gasteiger partial charge on any atom is 0.0225 e. The molecule has 2 aromatic carbocycles. The van der Waals surface area contributed by atoms with Gasteiger partial charge in [0.05, 0.1) is 0 Å². The normalized spacial score (nSPS) is 21.3. The lowest BCUT2D eigenvalue weighted by atomic mass is 9.80. The molecule has 1 saturated carbocycles. The second-order valence-electron chi connectivity index (χ2n) is 7.19. The van der Waals surface area contributed by atoms with Gasteiger partial charge in [0, 0.05) is 10.2 Å². The molecule has 1 aliphatic rings. The molecule has 2 aromatic rings. The molecule has 0 aliphatic heterocycles. The van der Waals surface area contributed by atoms with E-state index in [0.717, 1.165) is 11.8 Å². The van der Waals surface area contributed by atoms with Gasteiger partial charge in [0.25, 0.3) is 0 Å². The molecule has 0 saturated heterocycles. The molecule has 3 rings (SSSR count). The van der Waals surface area contributed by atoms with E-state index in [0.29, 0.717) is 0 Å². The van der Waals surface area contributed by atoms with Gasteiger partial charge < -0.3 is 0 Å². The molecule has 1 aliphatic carbocycles. The van der Waals surface area contributed by atoms with Crippen LogP contribution >= 0.6 is 0 Å². The predicted molar refractivity (Wildman–Crippen MR) is 101 cm³/mol. The fourth-order valence-electron chi connectivity index (χ4n) is 3.70. The van der Waals surface area contributed by atoms with E-state index < -0.39 is 0 Å². The smallest absolute Gasteiger partial charge is 0.0225 e. The van der Waals surface area contributed by atoms with Crippen molar-refractivity contribution in [2.45, 2.75) is 51.5 Å². The van der Waals surface area contributed by atoms with Crippen LogP contribution in [0, 0.1) is 18.8 Å². The van der Waals surface area contributed by atoms with Crippen molar-refractivity contribution >= 4 is 10.2 Å². The van der Waals surface area contributed by atoms with Crippen LogP contribution in [0.3, 0.4) is 0 Å². The first-order valence-corrected chi connectivity index (χ1v) is 9.76. The lowest BCUT2D eigenvalue weighted by Gasteiger charge is -2.27. The van der Waals surface area contributed by atoms with Crippen LogP contribution in [-0.4, -0.2) is 10.2 Å². The van der Waals surface area contributed by atoms with Crippen LogP contribution in [0.15, 0.2) is 48.5 Å². The molecule has 0 bridgehead atoms. The van der Waals surface area contributed by atoms with Crippen LogP contribution in [0.5, 0.6) is 0 Å². The molecule has 1 fully saturated rings. The largest absolute Gasteiger partial charge is 0.0609 e. The third-order valence-electron chi connectivity index (χ3n) is 5.44. The Morgan fingerprint density at radius 3 is 1.87 bits per heavy atom. The summed E-state index contributed by atoms with van der Waals surface area (Å²) in [5, 5.41) is 0. The van der Waals surface area contributed by atoms with Crippen molar-refractivity contribution in [3.8, 4) is 11.1 Å². The summed E-state index contributed by atoms with van der Waals surface area (Å²) >= 11 is 0. The van der Waals surface area contributed by atoms with Crippen LogP contribution < -0.4 is 0 Å². The summed E-state index contributed by atoms with van der Waals surface area (Å²) in [6, 6.07) is 19.2. The average molecular weight is 320 g/mol. The number of hydrogen-bond donors (Lipinski definition) is 0. The molecule has 0 atom stereocenters. The molecule has 1 heteroatoms. The highest BCUT2D eigenvalue weighted by Gasteiger charge is 2.19. The summed E-state index contributed by atoms with van der Waals surface area (Å²) in [5.74, 6) is 1.87. The van der Waals surface area contributed by atoms with Crippen LogP contribution in [0.25, 0.3) is 11.1 Å². The molecule has 0 heterocycles. The Morgan fingerprint density at radius 1 is 0.783 bits per heavy atom. The van der Waals surface area contributed by atoms with E-state index in [2.05, 4.69) is 65.7 Å². The predicted octanol–water partition coefficient (Wildman–Crippen LogP) is 5.99. The molecule has 0 N–H and O–H groups in total. The minimum absolute atomic E-state index is 0.928. The van der Waals surface area contributed by atoms with Gasteiger partial charge >= 0.3 is 0 Å². The topological polar surface area (TPSA) is 0 Å². The zero-order chi connectivity index (χ0) is 16.1. The molecule has 3 radical (unpaired) electrons. The van der Waals surface area contributed by atoms with E-state index in [9.17, 15) is 0 Å². The fourth-order valence-corrected chi connectivity index (χ4v) is 4.11. The summed E-state index contributed by atoms with van der Waals surface area (Å²) in [6.45, 7) is 2.14. The first-order valence-electron chi connectivity index (χ1n) is 9.05. The molecule has 23 heavy (non-hydrogen) atoms. The van der Waals surface area contributed by atoms with Gasteiger partial charge in [-0.15, -0.1) is 0 Å². The molecular weight excluding hydrogens is 292 g/mol. The summed E-state index contributed by atoms with van der Waals surface area (Å²) in [4.78, 5) is 0. The van der Waals surface area contributed by atoms with Gasteiger partial charge in [-0.25, -0.2) is 0 Å². The molecule has 0 nitrogen and oxygen atoms in total. The third kappa shape index (κ3) is 4.57. The highest BCUT2D eigenvalue weighted by molar-refractivity contribution is 6.08. The van der Waals surface area contributed by atoms with Gasteiger partial charge in [0.2, 0.25) is 0 Å². The maximum atomic E-state index is 3.68.